The molecule has 4 nitrogen and oxygen atoms in total. The zero-order valence-electron chi connectivity index (χ0n) is 11.4. The van der Waals surface area contributed by atoms with Crippen molar-refractivity contribution >= 4 is 22.5 Å². The van der Waals surface area contributed by atoms with Gasteiger partial charge in [0.05, 0.1) is 5.56 Å². The van der Waals surface area contributed by atoms with Crippen LogP contribution in [-0.4, -0.2) is 11.6 Å². The van der Waals surface area contributed by atoms with E-state index in [1.54, 1.807) is 54.6 Å². The summed E-state index contributed by atoms with van der Waals surface area (Å²) < 4.78 is 5.24. The Bertz CT molecular complexity index is 962. The van der Waals surface area contributed by atoms with Gasteiger partial charge in [0.25, 0.3) is 0 Å². The molecule has 22 heavy (non-hydrogen) atoms. The van der Waals surface area contributed by atoms with Crippen LogP contribution in [0.25, 0.3) is 11.0 Å². The van der Waals surface area contributed by atoms with Gasteiger partial charge in [0, 0.05) is 16.5 Å². The van der Waals surface area contributed by atoms with Crippen molar-refractivity contribution in [2.45, 2.75) is 5.92 Å². The normalized spacial score (nSPS) is 14.5. The Balaban J connectivity index is 1.94. The molecule has 2 aromatic carbocycles. The van der Waals surface area contributed by atoms with E-state index in [4.69, 9.17) is 4.42 Å². The summed E-state index contributed by atoms with van der Waals surface area (Å²) in [5.41, 5.74) is 0.630. The number of hydrogen-bond acceptors (Lipinski definition) is 4. The first-order valence-corrected chi connectivity index (χ1v) is 6.87. The maximum Gasteiger partial charge on any atom is 0.340 e. The van der Waals surface area contributed by atoms with E-state index in [-0.39, 0.29) is 17.1 Å². The lowest BCUT2D eigenvalue weighted by atomic mass is 9.95. The Morgan fingerprint density at radius 3 is 2.05 bits per heavy atom. The summed E-state index contributed by atoms with van der Waals surface area (Å²) in [5, 5.41) is 0.689. The van der Waals surface area contributed by atoms with E-state index in [9.17, 15) is 14.4 Å². The van der Waals surface area contributed by atoms with Crippen LogP contribution >= 0.6 is 0 Å². The molecule has 0 fully saturated rings. The molecule has 0 atom stereocenters. The van der Waals surface area contributed by atoms with E-state index in [1.165, 1.54) is 0 Å². The van der Waals surface area contributed by atoms with Crippen molar-refractivity contribution < 1.29 is 14.0 Å². The summed E-state index contributed by atoms with van der Waals surface area (Å²) in [7, 11) is 0. The minimum absolute atomic E-state index is 0.102. The van der Waals surface area contributed by atoms with E-state index in [2.05, 4.69) is 0 Å². The average molecular weight is 290 g/mol. The van der Waals surface area contributed by atoms with Gasteiger partial charge in [0.2, 0.25) is 0 Å². The number of rotatable bonds is 1. The van der Waals surface area contributed by atoms with Crippen molar-refractivity contribution in [3.05, 3.63) is 81.7 Å². The highest BCUT2D eigenvalue weighted by atomic mass is 16.4. The van der Waals surface area contributed by atoms with Crippen LogP contribution < -0.4 is 5.63 Å². The second-order valence-electron chi connectivity index (χ2n) is 5.23. The number of Topliss-reactive ketones (excluding diaryl/α,β-unsaturated/α-hetero) is 2. The standard InChI is InChI=1S/C18H10O4/c19-16-11-6-2-3-7-12(11)17(20)15(16)13-9-10-5-1-4-8-14(10)22-18(13)21/h1-9,15H. The van der Waals surface area contributed by atoms with Crippen LogP contribution in [0, 0.1) is 0 Å². The van der Waals surface area contributed by atoms with Crippen molar-refractivity contribution in [2.24, 2.45) is 0 Å². The Labute approximate surface area is 125 Å². The van der Waals surface area contributed by atoms with Crippen LogP contribution in [0.5, 0.6) is 0 Å². The Hall–Kier alpha value is -3.01. The lowest BCUT2D eigenvalue weighted by Gasteiger charge is -2.06. The number of carbonyl (C=O) groups excluding carboxylic acids is 2. The maximum atomic E-state index is 12.5. The molecule has 0 saturated heterocycles. The molecular formula is C18H10O4. The topological polar surface area (TPSA) is 64.3 Å². The molecule has 0 spiro atoms. The third-order valence-corrected chi connectivity index (χ3v) is 3.96. The lowest BCUT2D eigenvalue weighted by Crippen LogP contribution is -2.20. The molecule has 0 amide bonds. The molecule has 0 radical (unpaired) electrons. The third-order valence-electron chi connectivity index (χ3n) is 3.96. The molecule has 4 rings (SSSR count). The van der Waals surface area contributed by atoms with Gasteiger partial charge in [-0.2, -0.15) is 0 Å². The summed E-state index contributed by atoms with van der Waals surface area (Å²) in [4.78, 5) is 37.2. The third kappa shape index (κ3) is 1.67. The molecule has 1 aliphatic carbocycles. The number of fused-ring (bicyclic) bond motifs is 2. The number of ketones is 2. The van der Waals surface area contributed by atoms with Gasteiger partial charge in [0.15, 0.2) is 11.6 Å². The molecule has 4 heteroatoms. The highest BCUT2D eigenvalue weighted by Crippen LogP contribution is 2.33. The summed E-state index contributed by atoms with van der Waals surface area (Å²) >= 11 is 0. The molecule has 3 aromatic rings. The average Bonchev–Trinajstić information content (AvgIpc) is 2.79. The second-order valence-corrected chi connectivity index (χ2v) is 5.23. The zero-order valence-corrected chi connectivity index (χ0v) is 11.4. The zero-order chi connectivity index (χ0) is 15.3. The van der Waals surface area contributed by atoms with Crippen molar-refractivity contribution in [3.8, 4) is 0 Å². The van der Waals surface area contributed by atoms with E-state index >= 15 is 0 Å². The highest BCUT2D eigenvalue weighted by molar-refractivity contribution is 6.29. The fraction of sp³-hybridized carbons (Fsp3) is 0.0556. The SMILES string of the molecule is O=C1c2ccccc2C(=O)C1c1cc2ccccc2oc1=O. The molecule has 0 saturated carbocycles. The smallest absolute Gasteiger partial charge is 0.340 e. The van der Waals surface area contributed by atoms with Crippen molar-refractivity contribution in [1.82, 2.24) is 0 Å². The van der Waals surface area contributed by atoms with Gasteiger partial charge >= 0.3 is 5.63 Å². The predicted molar refractivity (Wildman–Crippen MR) is 80.3 cm³/mol. The number of benzene rings is 2. The van der Waals surface area contributed by atoms with Crippen LogP contribution in [0.4, 0.5) is 0 Å². The van der Waals surface area contributed by atoms with Crippen LogP contribution in [0.15, 0.2) is 63.8 Å². The summed E-state index contributed by atoms with van der Waals surface area (Å²) in [6.45, 7) is 0. The first kappa shape index (κ1) is 12.7. The van der Waals surface area contributed by atoms with E-state index in [1.807, 2.05) is 0 Å². The molecule has 1 aromatic heterocycles. The molecule has 1 aliphatic rings. The number of hydrogen-bond donors (Lipinski definition) is 0. The van der Waals surface area contributed by atoms with Crippen LogP contribution in [0.3, 0.4) is 0 Å². The fourth-order valence-electron chi connectivity index (χ4n) is 2.90. The van der Waals surface area contributed by atoms with Crippen LogP contribution in [0.2, 0.25) is 0 Å². The monoisotopic (exact) mass is 290 g/mol. The van der Waals surface area contributed by atoms with E-state index in [0.29, 0.717) is 22.1 Å². The number of para-hydroxylation sites is 1. The molecule has 106 valence electrons. The fourth-order valence-corrected chi connectivity index (χ4v) is 2.90. The number of carbonyl (C=O) groups is 2. The van der Waals surface area contributed by atoms with Gasteiger partial charge in [-0.1, -0.05) is 42.5 Å². The lowest BCUT2D eigenvalue weighted by molar-refractivity contribution is 0.0888. The van der Waals surface area contributed by atoms with Gasteiger partial charge in [-0.3, -0.25) is 9.59 Å². The largest absolute Gasteiger partial charge is 0.423 e. The van der Waals surface area contributed by atoms with Crippen molar-refractivity contribution in [1.29, 1.82) is 0 Å². The van der Waals surface area contributed by atoms with Gasteiger partial charge in [0.1, 0.15) is 11.5 Å². The minimum atomic E-state index is -1.10. The molecule has 0 unspecified atom stereocenters. The Morgan fingerprint density at radius 2 is 1.36 bits per heavy atom. The van der Waals surface area contributed by atoms with Crippen molar-refractivity contribution in [3.63, 3.8) is 0 Å². The Kier molecular flexibility index (Phi) is 2.60. The van der Waals surface area contributed by atoms with Gasteiger partial charge in [-0.05, 0) is 12.1 Å². The first-order valence-electron chi connectivity index (χ1n) is 6.87. The second kappa shape index (κ2) is 4.49. The van der Waals surface area contributed by atoms with Crippen LogP contribution in [-0.2, 0) is 0 Å². The quantitative estimate of drug-likeness (QED) is 0.510. The highest BCUT2D eigenvalue weighted by Gasteiger charge is 2.41. The van der Waals surface area contributed by atoms with E-state index in [0.717, 1.165) is 0 Å². The van der Waals surface area contributed by atoms with Crippen molar-refractivity contribution in [2.75, 3.05) is 0 Å². The summed E-state index contributed by atoms with van der Waals surface area (Å²) in [6, 6.07) is 15.2. The van der Waals surface area contributed by atoms with Gasteiger partial charge < -0.3 is 4.42 Å². The predicted octanol–water partition coefficient (Wildman–Crippen LogP) is 2.96. The maximum absolute atomic E-state index is 12.5. The van der Waals surface area contributed by atoms with E-state index < -0.39 is 11.5 Å². The molecular weight excluding hydrogens is 280 g/mol. The molecule has 0 N–H and O–H groups in total. The Morgan fingerprint density at radius 1 is 0.773 bits per heavy atom. The van der Waals surface area contributed by atoms with Gasteiger partial charge in [-0.15, -0.1) is 0 Å². The first-order chi connectivity index (χ1) is 10.7. The minimum Gasteiger partial charge on any atom is -0.423 e. The molecule has 0 aliphatic heterocycles. The van der Waals surface area contributed by atoms with Crippen LogP contribution in [0.1, 0.15) is 32.2 Å². The summed E-state index contributed by atoms with van der Waals surface area (Å²) in [6.07, 6.45) is 0. The molecule has 0 bridgehead atoms. The van der Waals surface area contributed by atoms with Gasteiger partial charge in [-0.25, -0.2) is 4.79 Å². The molecule has 1 heterocycles. The summed E-state index contributed by atoms with van der Waals surface area (Å²) in [5.74, 6) is -1.79.